The summed E-state index contributed by atoms with van der Waals surface area (Å²) in [7, 11) is 1.51. The van der Waals surface area contributed by atoms with Crippen LogP contribution in [0.4, 0.5) is 5.95 Å². The van der Waals surface area contributed by atoms with E-state index in [-0.39, 0.29) is 17.6 Å². The van der Waals surface area contributed by atoms with Crippen LogP contribution in [0.1, 0.15) is 34.1 Å². The summed E-state index contributed by atoms with van der Waals surface area (Å²) in [4.78, 5) is 12.3. The summed E-state index contributed by atoms with van der Waals surface area (Å²) in [6, 6.07) is 0.457. The quantitative estimate of drug-likeness (QED) is 0.730. The fraction of sp³-hybridized carbons (Fsp3) is 0.769. The van der Waals surface area contributed by atoms with Crippen molar-refractivity contribution in [3.63, 3.8) is 0 Å². The van der Waals surface area contributed by atoms with E-state index in [2.05, 4.69) is 27.2 Å². The van der Waals surface area contributed by atoms with E-state index in [0.717, 1.165) is 13.0 Å². The molecule has 0 bridgehead atoms. The molecule has 20 heavy (non-hydrogen) atoms. The minimum absolute atomic E-state index is 0.187. The number of hydrogen-bond donors (Lipinski definition) is 1. The topological polar surface area (TPSA) is 78.4 Å². The van der Waals surface area contributed by atoms with Crippen molar-refractivity contribution in [1.29, 1.82) is 0 Å². The molecular weight excluding hydrogens is 260 g/mol. The molecule has 0 unspecified atom stereocenters. The molecule has 0 spiro atoms. The third-order valence-corrected chi connectivity index (χ3v) is 2.16. The van der Waals surface area contributed by atoms with Gasteiger partial charge in [-0.1, -0.05) is 6.92 Å². The van der Waals surface area contributed by atoms with E-state index < -0.39 is 0 Å². The van der Waals surface area contributed by atoms with E-state index >= 15 is 0 Å². The van der Waals surface area contributed by atoms with Gasteiger partial charge in [0, 0.05) is 6.54 Å². The molecule has 0 atom stereocenters. The molecule has 0 saturated carbocycles. The summed E-state index contributed by atoms with van der Waals surface area (Å²) in [6.45, 7) is 9.66. The summed E-state index contributed by atoms with van der Waals surface area (Å²) in [5.41, 5.74) is -0.187. The van der Waals surface area contributed by atoms with Crippen molar-refractivity contribution >= 4 is 5.95 Å². The highest BCUT2D eigenvalue weighted by Gasteiger charge is 2.11. The summed E-state index contributed by atoms with van der Waals surface area (Å²) in [5, 5.41) is 3.07. The Hall–Kier alpha value is -1.63. The van der Waals surface area contributed by atoms with Crippen molar-refractivity contribution in [3.05, 3.63) is 0 Å². The Bertz CT molecular complexity index is 407. The molecule has 0 aliphatic heterocycles. The molecule has 1 N–H and O–H groups in total. The molecule has 0 aliphatic rings. The van der Waals surface area contributed by atoms with E-state index in [0.29, 0.717) is 19.2 Å². The van der Waals surface area contributed by atoms with Crippen LogP contribution in [-0.2, 0) is 4.74 Å². The molecule has 1 aromatic rings. The Labute approximate surface area is 120 Å². The third kappa shape index (κ3) is 6.51. The zero-order valence-corrected chi connectivity index (χ0v) is 12.9. The minimum atomic E-state index is -0.187. The number of aromatic nitrogens is 3. The summed E-state index contributed by atoms with van der Waals surface area (Å²) in [5.74, 6) is 0.449. The van der Waals surface area contributed by atoms with Crippen molar-refractivity contribution in [2.24, 2.45) is 0 Å². The van der Waals surface area contributed by atoms with Crippen molar-refractivity contribution in [1.82, 2.24) is 15.0 Å². The average Bonchev–Trinajstić information content (AvgIpc) is 2.40. The molecule has 0 fully saturated rings. The van der Waals surface area contributed by atoms with Gasteiger partial charge in [0.05, 0.1) is 19.3 Å². The number of hydrogen-bond acceptors (Lipinski definition) is 7. The summed E-state index contributed by atoms with van der Waals surface area (Å²) < 4.78 is 16.0. The minimum Gasteiger partial charge on any atom is -0.467 e. The van der Waals surface area contributed by atoms with Crippen LogP contribution in [0.2, 0.25) is 0 Å². The standard InChI is InChI=1S/C13H24N4O3/c1-6-7-14-10-15-11(18-5)17-12(16-10)19-8-9-20-13(2,3)4/h6-9H2,1-5H3,(H,14,15,16,17). The maximum Gasteiger partial charge on any atom is 0.324 e. The summed E-state index contributed by atoms with van der Waals surface area (Å²) in [6.07, 6.45) is 0.976. The Balaban J connectivity index is 2.55. The molecule has 0 aliphatic carbocycles. The lowest BCUT2D eigenvalue weighted by molar-refractivity contribution is -0.0174. The fourth-order valence-corrected chi connectivity index (χ4v) is 1.29. The molecule has 1 heterocycles. The van der Waals surface area contributed by atoms with Crippen molar-refractivity contribution < 1.29 is 14.2 Å². The Morgan fingerprint density at radius 3 is 2.35 bits per heavy atom. The molecule has 0 aromatic carbocycles. The Morgan fingerprint density at radius 2 is 1.75 bits per heavy atom. The summed E-state index contributed by atoms with van der Waals surface area (Å²) >= 11 is 0. The van der Waals surface area contributed by atoms with Gasteiger partial charge in [0.1, 0.15) is 6.61 Å². The van der Waals surface area contributed by atoms with Crippen LogP contribution in [0.25, 0.3) is 0 Å². The molecular formula is C13H24N4O3. The van der Waals surface area contributed by atoms with E-state index in [9.17, 15) is 0 Å². The number of methoxy groups -OCH3 is 1. The maximum absolute atomic E-state index is 5.56. The van der Waals surface area contributed by atoms with E-state index in [4.69, 9.17) is 14.2 Å². The SMILES string of the molecule is CCCNc1nc(OC)nc(OCCOC(C)(C)C)n1. The second-order valence-corrected chi connectivity index (χ2v) is 5.16. The zero-order valence-electron chi connectivity index (χ0n) is 12.9. The lowest BCUT2D eigenvalue weighted by atomic mass is 10.2. The Morgan fingerprint density at radius 1 is 1.05 bits per heavy atom. The van der Waals surface area contributed by atoms with Crippen molar-refractivity contribution in [2.45, 2.75) is 39.7 Å². The molecule has 1 aromatic heterocycles. The van der Waals surface area contributed by atoms with Gasteiger partial charge in [0.2, 0.25) is 5.95 Å². The average molecular weight is 284 g/mol. The molecule has 0 saturated heterocycles. The Kier molecular flexibility index (Phi) is 6.44. The van der Waals surface area contributed by atoms with Crippen LogP contribution in [0, 0.1) is 0 Å². The lowest BCUT2D eigenvalue weighted by Gasteiger charge is -2.19. The second-order valence-electron chi connectivity index (χ2n) is 5.16. The number of anilines is 1. The highest BCUT2D eigenvalue weighted by atomic mass is 16.5. The molecule has 7 nitrogen and oxygen atoms in total. The van der Waals surface area contributed by atoms with E-state index in [1.807, 2.05) is 20.8 Å². The first-order valence-corrected chi connectivity index (χ1v) is 6.75. The van der Waals surface area contributed by atoms with Crippen molar-refractivity contribution in [2.75, 3.05) is 32.2 Å². The number of nitrogens with one attached hydrogen (secondary N) is 1. The monoisotopic (exact) mass is 284 g/mol. The van der Waals surface area contributed by atoms with Gasteiger partial charge in [-0.3, -0.25) is 0 Å². The second kappa shape index (κ2) is 7.84. The first kappa shape index (κ1) is 16.4. The van der Waals surface area contributed by atoms with Crippen LogP contribution in [0.15, 0.2) is 0 Å². The van der Waals surface area contributed by atoms with Gasteiger partial charge in [0.25, 0.3) is 0 Å². The van der Waals surface area contributed by atoms with Gasteiger partial charge in [-0.2, -0.15) is 9.97 Å². The lowest BCUT2D eigenvalue weighted by Crippen LogP contribution is -2.22. The largest absolute Gasteiger partial charge is 0.467 e. The van der Waals surface area contributed by atoms with E-state index in [1.165, 1.54) is 7.11 Å². The van der Waals surface area contributed by atoms with E-state index in [1.54, 1.807) is 0 Å². The highest BCUT2D eigenvalue weighted by Crippen LogP contribution is 2.13. The zero-order chi connectivity index (χ0) is 15.0. The normalized spacial score (nSPS) is 11.2. The molecule has 0 radical (unpaired) electrons. The van der Waals surface area contributed by atoms with Gasteiger partial charge in [-0.25, -0.2) is 0 Å². The number of ether oxygens (including phenoxy) is 3. The maximum atomic E-state index is 5.56. The first-order chi connectivity index (χ1) is 9.44. The van der Waals surface area contributed by atoms with Gasteiger partial charge in [-0.15, -0.1) is 4.98 Å². The van der Waals surface area contributed by atoms with Gasteiger partial charge in [0.15, 0.2) is 0 Å². The molecule has 7 heteroatoms. The molecule has 1 rings (SSSR count). The number of rotatable bonds is 8. The van der Waals surface area contributed by atoms with Gasteiger partial charge in [-0.05, 0) is 27.2 Å². The van der Waals surface area contributed by atoms with Crippen LogP contribution in [0.3, 0.4) is 0 Å². The van der Waals surface area contributed by atoms with Crippen LogP contribution < -0.4 is 14.8 Å². The molecule has 0 amide bonds. The van der Waals surface area contributed by atoms with Gasteiger partial charge < -0.3 is 19.5 Å². The van der Waals surface area contributed by atoms with Crippen LogP contribution >= 0.6 is 0 Å². The smallest absolute Gasteiger partial charge is 0.324 e. The molecule has 114 valence electrons. The van der Waals surface area contributed by atoms with Gasteiger partial charge >= 0.3 is 12.0 Å². The number of nitrogens with zero attached hydrogens (tertiary/aromatic N) is 3. The predicted molar refractivity (Wildman–Crippen MR) is 76.4 cm³/mol. The highest BCUT2D eigenvalue weighted by molar-refractivity contribution is 5.27. The fourth-order valence-electron chi connectivity index (χ4n) is 1.29. The third-order valence-electron chi connectivity index (χ3n) is 2.16. The van der Waals surface area contributed by atoms with Crippen LogP contribution in [-0.4, -0.2) is 47.4 Å². The van der Waals surface area contributed by atoms with Crippen LogP contribution in [0.5, 0.6) is 12.0 Å². The first-order valence-electron chi connectivity index (χ1n) is 6.75. The predicted octanol–water partition coefficient (Wildman–Crippen LogP) is 1.90. The van der Waals surface area contributed by atoms with Crippen molar-refractivity contribution in [3.8, 4) is 12.0 Å².